The number of nitrogens with zero attached hydrogens (tertiary/aromatic N) is 1. The fraction of sp³-hybridized carbons (Fsp3) is 0.913. The SMILES string of the molecule is CC(C)[C@@H](N(C(=O)C1(C(N)=O)CCCC1)[C@H](C(C)C)C1(O)CCC1)C1(O)CCC1. The van der Waals surface area contributed by atoms with Crippen molar-refractivity contribution in [3.8, 4) is 0 Å². The summed E-state index contributed by atoms with van der Waals surface area (Å²) >= 11 is 0. The number of hydrogen-bond acceptors (Lipinski definition) is 4. The summed E-state index contributed by atoms with van der Waals surface area (Å²) in [6.45, 7) is 8.09. The van der Waals surface area contributed by atoms with Gasteiger partial charge in [0, 0.05) is 0 Å². The molecular weight excluding hydrogens is 368 g/mol. The quantitative estimate of drug-likeness (QED) is 0.537. The molecule has 0 spiro atoms. The maximum atomic E-state index is 14.2. The van der Waals surface area contributed by atoms with Crippen molar-refractivity contribution in [2.75, 3.05) is 0 Å². The number of primary amides is 1. The number of hydrogen-bond donors (Lipinski definition) is 3. The Labute approximate surface area is 175 Å². The van der Waals surface area contributed by atoms with Crippen LogP contribution in [0.15, 0.2) is 0 Å². The van der Waals surface area contributed by atoms with E-state index in [1.807, 2.05) is 27.7 Å². The molecule has 0 radical (unpaired) electrons. The first-order chi connectivity index (χ1) is 13.5. The fourth-order valence-electron chi connectivity index (χ4n) is 6.29. The first kappa shape index (κ1) is 22.5. The van der Waals surface area contributed by atoms with Gasteiger partial charge in [-0.1, -0.05) is 40.5 Å². The van der Waals surface area contributed by atoms with Gasteiger partial charge in [-0.15, -0.1) is 0 Å². The monoisotopic (exact) mass is 408 g/mol. The molecule has 29 heavy (non-hydrogen) atoms. The topological polar surface area (TPSA) is 104 Å². The summed E-state index contributed by atoms with van der Waals surface area (Å²) in [6, 6.07) is -0.866. The first-order valence-corrected chi connectivity index (χ1v) is 11.6. The lowest BCUT2D eigenvalue weighted by Gasteiger charge is -2.58. The van der Waals surface area contributed by atoms with E-state index in [1.165, 1.54) is 0 Å². The van der Waals surface area contributed by atoms with Crippen LogP contribution >= 0.6 is 0 Å². The lowest BCUT2D eigenvalue weighted by molar-refractivity contribution is -0.196. The lowest BCUT2D eigenvalue weighted by atomic mass is 9.65. The summed E-state index contributed by atoms with van der Waals surface area (Å²) in [5, 5.41) is 22.8. The maximum absolute atomic E-state index is 14.2. The van der Waals surface area contributed by atoms with Gasteiger partial charge >= 0.3 is 0 Å². The van der Waals surface area contributed by atoms with Crippen molar-refractivity contribution in [1.82, 2.24) is 4.90 Å². The summed E-state index contributed by atoms with van der Waals surface area (Å²) in [5.41, 5.74) is 2.69. The van der Waals surface area contributed by atoms with Gasteiger partial charge in [0.15, 0.2) is 0 Å². The second-order valence-electron chi connectivity index (χ2n) is 10.7. The lowest BCUT2D eigenvalue weighted by Crippen LogP contribution is -2.71. The van der Waals surface area contributed by atoms with E-state index in [0.29, 0.717) is 38.5 Å². The van der Waals surface area contributed by atoms with Gasteiger partial charge in [-0.05, 0) is 63.2 Å². The summed E-state index contributed by atoms with van der Waals surface area (Å²) in [6.07, 6.45) is 6.97. The normalized spacial score (nSPS) is 26.5. The zero-order valence-corrected chi connectivity index (χ0v) is 18.6. The van der Waals surface area contributed by atoms with Crippen LogP contribution in [0.5, 0.6) is 0 Å². The van der Waals surface area contributed by atoms with E-state index >= 15 is 0 Å². The van der Waals surface area contributed by atoms with E-state index in [1.54, 1.807) is 4.90 Å². The van der Waals surface area contributed by atoms with Gasteiger partial charge in [0.2, 0.25) is 11.8 Å². The van der Waals surface area contributed by atoms with Crippen LogP contribution in [0.2, 0.25) is 0 Å². The molecule has 166 valence electrons. The minimum Gasteiger partial charge on any atom is -0.388 e. The molecule has 0 aromatic rings. The maximum Gasteiger partial charge on any atom is 0.238 e. The number of carbonyl (C=O) groups excluding carboxylic acids is 2. The number of nitrogens with two attached hydrogens (primary N) is 1. The van der Waals surface area contributed by atoms with Crippen LogP contribution in [0.25, 0.3) is 0 Å². The molecule has 2 amide bonds. The smallest absolute Gasteiger partial charge is 0.238 e. The van der Waals surface area contributed by atoms with Crippen LogP contribution < -0.4 is 5.73 Å². The minimum atomic E-state index is -1.21. The van der Waals surface area contributed by atoms with E-state index in [9.17, 15) is 19.8 Å². The summed E-state index contributed by atoms with van der Waals surface area (Å²) in [5.74, 6) is -0.822. The Bertz CT molecular complexity index is 599. The molecule has 0 bridgehead atoms. The zero-order chi connectivity index (χ0) is 21.6. The van der Waals surface area contributed by atoms with Crippen LogP contribution in [-0.2, 0) is 9.59 Å². The Hall–Kier alpha value is -1.14. The van der Waals surface area contributed by atoms with Gasteiger partial charge in [0.1, 0.15) is 5.41 Å². The molecule has 0 aromatic carbocycles. The third kappa shape index (κ3) is 3.60. The Morgan fingerprint density at radius 3 is 1.38 bits per heavy atom. The molecule has 0 heterocycles. The molecule has 3 aliphatic rings. The van der Waals surface area contributed by atoms with Gasteiger partial charge in [-0.25, -0.2) is 0 Å². The van der Waals surface area contributed by atoms with Crippen molar-refractivity contribution in [3.05, 3.63) is 0 Å². The van der Waals surface area contributed by atoms with Gasteiger partial charge < -0.3 is 20.8 Å². The van der Waals surface area contributed by atoms with E-state index < -0.39 is 34.6 Å². The average molecular weight is 409 g/mol. The predicted molar refractivity (Wildman–Crippen MR) is 112 cm³/mol. The number of amides is 2. The molecule has 0 saturated heterocycles. The highest BCUT2D eigenvalue weighted by Gasteiger charge is 2.59. The highest BCUT2D eigenvalue weighted by molar-refractivity contribution is 6.05. The van der Waals surface area contributed by atoms with E-state index in [-0.39, 0.29) is 17.7 Å². The van der Waals surface area contributed by atoms with Crippen molar-refractivity contribution in [3.63, 3.8) is 0 Å². The summed E-state index contributed by atoms with van der Waals surface area (Å²) < 4.78 is 0. The molecule has 4 N–H and O–H groups in total. The highest BCUT2D eigenvalue weighted by atomic mass is 16.3. The van der Waals surface area contributed by atoms with Crippen molar-refractivity contribution < 1.29 is 19.8 Å². The van der Waals surface area contributed by atoms with E-state index in [0.717, 1.165) is 25.7 Å². The molecule has 2 atom stereocenters. The zero-order valence-electron chi connectivity index (χ0n) is 18.6. The Kier molecular flexibility index (Phi) is 6.10. The van der Waals surface area contributed by atoms with Gasteiger partial charge in [0.05, 0.1) is 23.3 Å². The highest BCUT2D eigenvalue weighted by Crippen LogP contribution is 2.49. The number of carbonyl (C=O) groups is 2. The molecule has 0 unspecified atom stereocenters. The Balaban J connectivity index is 2.12. The van der Waals surface area contributed by atoms with E-state index in [2.05, 4.69) is 0 Å². The standard InChI is InChI=1S/C23H40N2O4/c1-15(2)17(22(28)11-7-12-22)25(18(16(3)4)23(29)13-8-14-23)20(27)21(19(24)26)9-5-6-10-21/h15-18,28-29H,5-14H2,1-4H3,(H2,24,26)/t17-,18-/m1/s1. The minimum absolute atomic E-state index is 0.000469. The molecule has 3 fully saturated rings. The van der Waals surface area contributed by atoms with Crippen molar-refractivity contribution >= 4 is 11.8 Å². The van der Waals surface area contributed by atoms with Gasteiger partial charge in [-0.3, -0.25) is 9.59 Å². The second kappa shape index (κ2) is 7.84. The number of rotatable bonds is 8. The predicted octanol–water partition coefficient (Wildman–Crippen LogP) is 2.74. The Morgan fingerprint density at radius 2 is 1.14 bits per heavy atom. The molecule has 3 saturated carbocycles. The van der Waals surface area contributed by atoms with Crippen molar-refractivity contribution in [1.29, 1.82) is 0 Å². The van der Waals surface area contributed by atoms with Gasteiger partial charge in [0.25, 0.3) is 0 Å². The van der Waals surface area contributed by atoms with Crippen LogP contribution in [0.1, 0.15) is 91.9 Å². The number of aliphatic hydroxyl groups is 2. The van der Waals surface area contributed by atoms with Crippen LogP contribution in [0, 0.1) is 17.3 Å². The molecule has 3 rings (SSSR count). The van der Waals surface area contributed by atoms with Crippen LogP contribution in [0.3, 0.4) is 0 Å². The largest absolute Gasteiger partial charge is 0.388 e. The third-order valence-corrected chi connectivity index (χ3v) is 7.97. The van der Waals surface area contributed by atoms with E-state index in [4.69, 9.17) is 5.73 Å². The Morgan fingerprint density at radius 1 is 0.759 bits per heavy atom. The molecule has 3 aliphatic carbocycles. The first-order valence-electron chi connectivity index (χ1n) is 11.6. The van der Waals surface area contributed by atoms with Crippen molar-refractivity contribution in [2.45, 2.75) is 115 Å². The third-order valence-electron chi connectivity index (χ3n) is 7.97. The summed E-state index contributed by atoms with van der Waals surface area (Å²) in [7, 11) is 0. The molecule has 0 aromatic heterocycles. The van der Waals surface area contributed by atoms with Gasteiger partial charge in [-0.2, -0.15) is 0 Å². The molecule has 6 heteroatoms. The van der Waals surface area contributed by atoms with Crippen LogP contribution in [-0.4, -0.2) is 50.2 Å². The second-order valence-corrected chi connectivity index (χ2v) is 10.7. The molecular formula is C23H40N2O4. The fourth-order valence-corrected chi connectivity index (χ4v) is 6.29. The average Bonchev–Trinajstić information content (AvgIpc) is 3.07. The van der Waals surface area contributed by atoms with Crippen LogP contribution in [0.4, 0.5) is 0 Å². The molecule has 0 aliphatic heterocycles. The van der Waals surface area contributed by atoms with Crippen molar-refractivity contribution in [2.24, 2.45) is 23.0 Å². The summed E-state index contributed by atoms with van der Waals surface area (Å²) in [4.78, 5) is 28.5. The molecule has 6 nitrogen and oxygen atoms in total.